The van der Waals surface area contributed by atoms with Gasteiger partial charge in [-0.25, -0.2) is 13.8 Å². The van der Waals surface area contributed by atoms with Crippen molar-refractivity contribution in [1.29, 1.82) is 0 Å². The Morgan fingerprint density at radius 3 is 2.40 bits per heavy atom. The number of rotatable bonds is 11. The number of carbonyl (C=O) groups excluding carboxylic acids is 1. The SMILES string of the molecule is COc1cc(/C=N\NC(=O)CN(c2cc(Cl)ccc2C)S(=O)(=O)c2ccccc2)cc(Br)c1OCc1ccc(Cl)cc1Cl. The molecule has 0 atom stereocenters. The van der Waals surface area contributed by atoms with Crippen molar-refractivity contribution < 1.29 is 22.7 Å². The van der Waals surface area contributed by atoms with E-state index in [9.17, 15) is 13.2 Å². The summed E-state index contributed by atoms with van der Waals surface area (Å²) in [5, 5.41) is 5.35. The van der Waals surface area contributed by atoms with E-state index >= 15 is 0 Å². The highest BCUT2D eigenvalue weighted by atomic mass is 79.9. The Morgan fingerprint density at radius 2 is 1.70 bits per heavy atom. The van der Waals surface area contributed by atoms with E-state index in [2.05, 4.69) is 26.5 Å². The van der Waals surface area contributed by atoms with Gasteiger partial charge in [0.05, 0.1) is 28.4 Å². The minimum absolute atomic E-state index is 0.0308. The summed E-state index contributed by atoms with van der Waals surface area (Å²) < 4.78 is 40.1. The first-order chi connectivity index (χ1) is 20.5. The number of amides is 1. The minimum Gasteiger partial charge on any atom is -0.493 e. The zero-order chi connectivity index (χ0) is 31.1. The molecular formula is C30H25BrCl3N3O5S. The molecule has 0 saturated carbocycles. The number of anilines is 1. The van der Waals surface area contributed by atoms with Gasteiger partial charge in [-0.1, -0.05) is 65.1 Å². The Morgan fingerprint density at radius 1 is 1.00 bits per heavy atom. The maximum absolute atomic E-state index is 13.6. The lowest BCUT2D eigenvalue weighted by Crippen LogP contribution is -2.40. The van der Waals surface area contributed by atoms with Gasteiger partial charge in [-0.05, 0) is 82.5 Å². The molecule has 0 aliphatic heterocycles. The highest BCUT2D eigenvalue weighted by molar-refractivity contribution is 9.10. The van der Waals surface area contributed by atoms with E-state index in [4.69, 9.17) is 44.3 Å². The Labute approximate surface area is 273 Å². The lowest BCUT2D eigenvalue weighted by atomic mass is 10.2. The number of carbonyl (C=O) groups is 1. The van der Waals surface area contributed by atoms with Crippen LogP contribution < -0.4 is 19.2 Å². The molecule has 4 rings (SSSR count). The Hall–Kier alpha value is -3.28. The molecule has 43 heavy (non-hydrogen) atoms. The molecule has 0 bridgehead atoms. The summed E-state index contributed by atoms with van der Waals surface area (Å²) in [5.74, 6) is 0.179. The molecule has 8 nitrogen and oxygen atoms in total. The predicted molar refractivity (Wildman–Crippen MR) is 174 cm³/mol. The number of hydrazone groups is 1. The third-order valence-electron chi connectivity index (χ3n) is 6.10. The van der Waals surface area contributed by atoms with E-state index in [1.54, 1.807) is 67.6 Å². The third-order valence-corrected chi connectivity index (χ3v) is 9.29. The number of ether oxygens (including phenoxy) is 2. The van der Waals surface area contributed by atoms with Crippen LogP contribution in [0.2, 0.25) is 15.1 Å². The summed E-state index contributed by atoms with van der Waals surface area (Å²) in [5.41, 5.74) is 4.61. The predicted octanol–water partition coefficient (Wildman–Crippen LogP) is 7.65. The van der Waals surface area contributed by atoms with Gasteiger partial charge in [-0.2, -0.15) is 5.10 Å². The van der Waals surface area contributed by atoms with Gasteiger partial charge in [0.15, 0.2) is 11.5 Å². The van der Waals surface area contributed by atoms with Crippen LogP contribution in [-0.2, 0) is 21.4 Å². The van der Waals surface area contributed by atoms with Crippen molar-refractivity contribution in [3.63, 3.8) is 0 Å². The van der Waals surface area contributed by atoms with Crippen LogP contribution in [0.3, 0.4) is 0 Å². The lowest BCUT2D eigenvalue weighted by molar-refractivity contribution is -0.119. The van der Waals surface area contributed by atoms with Crippen LogP contribution in [0.1, 0.15) is 16.7 Å². The van der Waals surface area contributed by atoms with E-state index in [-0.39, 0.29) is 17.2 Å². The topological polar surface area (TPSA) is 97.3 Å². The first-order valence-electron chi connectivity index (χ1n) is 12.6. The molecule has 0 unspecified atom stereocenters. The maximum Gasteiger partial charge on any atom is 0.264 e. The first kappa shape index (κ1) is 32.6. The number of hydrogen-bond donors (Lipinski definition) is 1. The van der Waals surface area contributed by atoms with Gasteiger partial charge in [-0.3, -0.25) is 9.10 Å². The van der Waals surface area contributed by atoms with Gasteiger partial charge >= 0.3 is 0 Å². The molecule has 0 saturated heterocycles. The Balaban J connectivity index is 1.51. The van der Waals surface area contributed by atoms with Crippen LogP contribution in [0.15, 0.2) is 93.3 Å². The van der Waals surface area contributed by atoms with Crippen LogP contribution in [-0.4, -0.2) is 34.2 Å². The van der Waals surface area contributed by atoms with Gasteiger partial charge in [0.25, 0.3) is 15.9 Å². The standard InChI is InChI=1S/C30H25BrCl3N3O5S/c1-19-8-10-23(33)15-27(19)37(43(39,40)24-6-4-3-5-7-24)17-29(38)36-35-16-20-12-25(31)30(28(13-20)41-2)42-18-21-9-11-22(32)14-26(21)34/h3-16H,17-18H2,1-2H3,(H,36,38)/b35-16-. The van der Waals surface area contributed by atoms with E-state index in [1.807, 2.05) is 0 Å². The summed E-state index contributed by atoms with van der Waals surface area (Å²) in [6.07, 6.45) is 1.39. The van der Waals surface area contributed by atoms with Crippen LogP contribution in [0, 0.1) is 6.92 Å². The number of aryl methyl sites for hydroxylation is 1. The van der Waals surface area contributed by atoms with Gasteiger partial charge in [-0.15, -0.1) is 0 Å². The summed E-state index contributed by atoms with van der Waals surface area (Å²) >= 11 is 21.9. The Bertz CT molecular complexity index is 1770. The average molecular weight is 726 g/mol. The smallest absolute Gasteiger partial charge is 0.264 e. The molecule has 0 spiro atoms. The second kappa shape index (κ2) is 14.5. The van der Waals surface area contributed by atoms with Crippen molar-refractivity contribution in [1.82, 2.24) is 5.43 Å². The quantitative estimate of drug-likeness (QED) is 0.127. The van der Waals surface area contributed by atoms with Crippen molar-refractivity contribution in [2.45, 2.75) is 18.4 Å². The second-order valence-electron chi connectivity index (χ2n) is 9.11. The highest BCUT2D eigenvalue weighted by Crippen LogP contribution is 2.37. The molecule has 0 radical (unpaired) electrons. The fraction of sp³-hybridized carbons (Fsp3) is 0.133. The molecular weight excluding hydrogens is 701 g/mol. The molecule has 0 heterocycles. The number of halogens is 4. The van der Waals surface area contributed by atoms with Crippen molar-refractivity contribution in [3.05, 3.63) is 115 Å². The molecule has 0 fully saturated rings. The first-order valence-corrected chi connectivity index (χ1v) is 16.0. The van der Waals surface area contributed by atoms with E-state index in [0.717, 1.165) is 9.87 Å². The molecule has 0 aliphatic rings. The third kappa shape index (κ3) is 8.21. The van der Waals surface area contributed by atoms with Crippen molar-refractivity contribution in [3.8, 4) is 11.5 Å². The van der Waals surface area contributed by atoms with Gasteiger partial charge in [0, 0.05) is 20.6 Å². The van der Waals surface area contributed by atoms with Crippen molar-refractivity contribution in [2.24, 2.45) is 5.10 Å². The zero-order valence-corrected chi connectivity index (χ0v) is 27.5. The van der Waals surface area contributed by atoms with Crippen molar-refractivity contribution in [2.75, 3.05) is 18.0 Å². The van der Waals surface area contributed by atoms with Crippen LogP contribution >= 0.6 is 50.7 Å². The summed E-state index contributed by atoms with van der Waals surface area (Å²) in [4.78, 5) is 13.0. The number of hydrogen-bond acceptors (Lipinski definition) is 6. The fourth-order valence-corrected chi connectivity index (χ4v) is 6.66. The molecule has 224 valence electrons. The number of sulfonamides is 1. The van der Waals surface area contributed by atoms with Crippen LogP contribution in [0.25, 0.3) is 0 Å². The highest BCUT2D eigenvalue weighted by Gasteiger charge is 2.28. The molecule has 1 N–H and O–H groups in total. The Kier molecular flexibility index (Phi) is 11.0. The molecule has 0 aliphatic carbocycles. The maximum atomic E-state index is 13.6. The second-order valence-corrected chi connectivity index (χ2v) is 13.1. The normalized spacial score (nSPS) is 11.4. The van der Waals surface area contributed by atoms with E-state index in [1.165, 1.54) is 31.5 Å². The summed E-state index contributed by atoms with van der Waals surface area (Å²) in [6.45, 7) is 1.36. The molecule has 0 aromatic heterocycles. The molecule has 13 heteroatoms. The van der Waals surface area contributed by atoms with E-state index in [0.29, 0.717) is 42.2 Å². The number of methoxy groups -OCH3 is 1. The van der Waals surface area contributed by atoms with Crippen molar-refractivity contribution >= 4 is 78.6 Å². The molecule has 4 aromatic rings. The number of nitrogens with zero attached hydrogens (tertiary/aromatic N) is 2. The summed E-state index contributed by atoms with van der Waals surface area (Å²) in [7, 11) is -2.61. The van der Waals surface area contributed by atoms with Gasteiger partial charge in [0.1, 0.15) is 13.2 Å². The molecule has 1 amide bonds. The average Bonchev–Trinajstić information content (AvgIpc) is 2.97. The fourth-order valence-electron chi connectivity index (χ4n) is 3.96. The van der Waals surface area contributed by atoms with E-state index < -0.39 is 22.5 Å². The molecule has 4 aromatic carbocycles. The zero-order valence-electron chi connectivity index (χ0n) is 22.9. The van der Waals surface area contributed by atoms with Gasteiger partial charge in [0.2, 0.25) is 0 Å². The number of benzene rings is 4. The minimum atomic E-state index is -4.11. The van der Waals surface area contributed by atoms with Crippen LogP contribution in [0.4, 0.5) is 5.69 Å². The largest absolute Gasteiger partial charge is 0.493 e. The summed E-state index contributed by atoms with van der Waals surface area (Å²) in [6, 6.07) is 21.2. The van der Waals surface area contributed by atoms with Crippen LogP contribution in [0.5, 0.6) is 11.5 Å². The van der Waals surface area contributed by atoms with Gasteiger partial charge < -0.3 is 9.47 Å². The number of nitrogens with one attached hydrogen (secondary N) is 1. The lowest BCUT2D eigenvalue weighted by Gasteiger charge is -2.25. The monoisotopic (exact) mass is 723 g/mol.